The van der Waals surface area contributed by atoms with Crippen molar-refractivity contribution in [1.29, 1.82) is 0 Å². The molecule has 0 radical (unpaired) electrons. The van der Waals surface area contributed by atoms with Gasteiger partial charge in [-0.2, -0.15) is 0 Å². The lowest BCUT2D eigenvalue weighted by Gasteiger charge is -2.33. The summed E-state index contributed by atoms with van der Waals surface area (Å²) in [7, 11) is 0. The van der Waals surface area contributed by atoms with Crippen LogP contribution in [0.1, 0.15) is 34.1 Å². The van der Waals surface area contributed by atoms with Crippen molar-refractivity contribution in [2.75, 3.05) is 19.8 Å². The van der Waals surface area contributed by atoms with Crippen molar-refractivity contribution < 1.29 is 19.3 Å². The van der Waals surface area contributed by atoms with E-state index in [0.717, 1.165) is 0 Å². The predicted octanol–water partition coefficient (Wildman–Crippen LogP) is 1.52. The fourth-order valence-electron chi connectivity index (χ4n) is 1.32. The Morgan fingerprint density at radius 1 is 1.00 bits per heavy atom. The number of aliphatic hydroxyl groups is 1. The quantitative estimate of drug-likeness (QED) is 0.612. The van der Waals surface area contributed by atoms with Gasteiger partial charge in [-0.05, 0) is 27.2 Å². The van der Waals surface area contributed by atoms with Gasteiger partial charge >= 0.3 is 5.97 Å². The van der Waals surface area contributed by atoms with Crippen LogP contribution in [0.25, 0.3) is 0 Å². The van der Waals surface area contributed by atoms with Crippen LogP contribution in [0.2, 0.25) is 0 Å². The number of hydrogen-bond donors (Lipinski definition) is 1. The van der Waals surface area contributed by atoms with E-state index < -0.39 is 12.1 Å². The Bertz CT molecular complexity index is 132. The van der Waals surface area contributed by atoms with E-state index in [1.165, 1.54) is 0 Å². The Hall–Kier alpha value is -0.160. The Morgan fingerprint density at radius 2 is 1.50 bits per heavy atom. The van der Waals surface area contributed by atoms with Gasteiger partial charge in [0.25, 0.3) is 0 Å². The standard InChI is InChI=1S/C10H22O4/c1-5-9(12-6-2)10(11,13-7-3)14-8-4/h9,11H,5-8H2,1-4H3. The van der Waals surface area contributed by atoms with Crippen LogP contribution in [0.3, 0.4) is 0 Å². The van der Waals surface area contributed by atoms with E-state index in [0.29, 0.717) is 26.2 Å². The van der Waals surface area contributed by atoms with Gasteiger partial charge in [0.2, 0.25) is 0 Å². The summed E-state index contributed by atoms with van der Waals surface area (Å²) >= 11 is 0. The second-order valence-electron chi connectivity index (χ2n) is 2.85. The minimum Gasteiger partial charge on any atom is -0.370 e. The molecule has 0 fully saturated rings. The maximum absolute atomic E-state index is 10.0. The molecule has 0 aliphatic rings. The minimum absolute atomic E-state index is 0.389. The van der Waals surface area contributed by atoms with E-state index in [1.54, 1.807) is 0 Å². The number of rotatable bonds is 8. The molecular weight excluding hydrogens is 184 g/mol. The van der Waals surface area contributed by atoms with Crippen molar-refractivity contribution in [3.63, 3.8) is 0 Å². The lowest BCUT2D eigenvalue weighted by Crippen LogP contribution is -2.48. The second kappa shape index (κ2) is 7.17. The molecule has 0 spiro atoms. The van der Waals surface area contributed by atoms with E-state index in [4.69, 9.17) is 14.2 Å². The third kappa shape index (κ3) is 3.92. The summed E-state index contributed by atoms with van der Waals surface area (Å²) in [6, 6.07) is 0. The summed E-state index contributed by atoms with van der Waals surface area (Å²) in [4.78, 5) is 0. The Morgan fingerprint density at radius 3 is 1.79 bits per heavy atom. The van der Waals surface area contributed by atoms with Crippen LogP contribution in [-0.2, 0) is 14.2 Å². The van der Waals surface area contributed by atoms with Gasteiger partial charge in [0.1, 0.15) is 6.10 Å². The highest BCUT2D eigenvalue weighted by Gasteiger charge is 2.38. The van der Waals surface area contributed by atoms with Gasteiger partial charge in [-0.1, -0.05) is 6.92 Å². The summed E-state index contributed by atoms with van der Waals surface area (Å²) in [5.41, 5.74) is 0. The fraction of sp³-hybridized carbons (Fsp3) is 1.00. The molecule has 0 saturated heterocycles. The highest BCUT2D eigenvalue weighted by molar-refractivity contribution is 4.68. The molecule has 1 N–H and O–H groups in total. The average Bonchev–Trinajstić information content (AvgIpc) is 2.14. The zero-order chi connectivity index (χ0) is 11.0. The Balaban J connectivity index is 4.39. The lowest BCUT2D eigenvalue weighted by molar-refractivity contribution is -0.398. The van der Waals surface area contributed by atoms with E-state index >= 15 is 0 Å². The zero-order valence-electron chi connectivity index (χ0n) is 9.58. The van der Waals surface area contributed by atoms with Crippen LogP contribution in [-0.4, -0.2) is 37.0 Å². The van der Waals surface area contributed by atoms with E-state index in [9.17, 15) is 5.11 Å². The molecule has 0 bridgehead atoms. The van der Waals surface area contributed by atoms with Crippen molar-refractivity contribution in [2.45, 2.75) is 46.2 Å². The molecule has 1 atom stereocenters. The topological polar surface area (TPSA) is 47.9 Å². The van der Waals surface area contributed by atoms with E-state index in [1.807, 2.05) is 27.7 Å². The minimum atomic E-state index is -1.60. The average molecular weight is 206 g/mol. The van der Waals surface area contributed by atoms with Gasteiger partial charge in [0.05, 0.1) is 0 Å². The third-order valence-electron chi connectivity index (χ3n) is 1.85. The van der Waals surface area contributed by atoms with Gasteiger partial charge in [0, 0.05) is 19.8 Å². The van der Waals surface area contributed by atoms with Crippen molar-refractivity contribution in [3.8, 4) is 0 Å². The van der Waals surface area contributed by atoms with Crippen molar-refractivity contribution in [2.24, 2.45) is 0 Å². The maximum atomic E-state index is 10.0. The molecule has 14 heavy (non-hydrogen) atoms. The Labute approximate surface area is 86.2 Å². The molecule has 1 unspecified atom stereocenters. The van der Waals surface area contributed by atoms with Crippen LogP contribution in [0.15, 0.2) is 0 Å². The van der Waals surface area contributed by atoms with Crippen molar-refractivity contribution in [1.82, 2.24) is 0 Å². The van der Waals surface area contributed by atoms with Crippen LogP contribution in [0.4, 0.5) is 0 Å². The monoisotopic (exact) mass is 206 g/mol. The molecule has 0 aromatic carbocycles. The fourth-order valence-corrected chi connectivity index (χ4v) is 1.32. The summed E-state index contributed by atoms with van der Waals surface area (Å²) in [6.45, 7) is 8.72. The molecule has 86 valence electrons. The van der Waals surface area contributed by atoms with Gasteiger partial charge in [0.15, 0.2) is 0 Å². The SMILES string of the molecule is CCOC(CC)C(O)(OCC)OCC. The molecule has 0 rings (SSSR count). The lowest BCUT2D eigenvalue weighted by atomic mass is 10.2. The molecule has 4 heteroatoms. The Kier molecular flexibility index (Phi) is 7.09. The molecule has 0 amide bonds. The van der Waals surface area contributed by atoms with Gasteiger partial charge < -0.3 is 19.3 Å². The molecule has 0 saturated carbocycles. The predicted molar refractivity (Wildman–Crippen MR) is 53.9 cm³/mol. The highest BCUT2D eigenvalue weighted by Crippen LogP contribution is 2.20. The first-order valence-corrected chi connectivity index (χ1v) is 5.26. The largest absolute Gasteiger partial charge is 0.370 e. The van der Waals surface area contributed by atoms with Crippen LogP contribution >= 0.6 is 0 Å². The highest BCUT2D eigenvalue weighted by atomic mass is 16.8. The second-order valence-corrected chi connectivity index (χ2v) is 2.85. The summed E-state index contributed by atoms with van der Waals surface area (Å²) in [5.74, 6) is -1.60. The van der Waals surface area contributed by atoms with Gasteiger partial charge in [-0.3, -0.25) is 0 Å². The summed E-state index contributed by atoms with van der Waals surface area (Å²) < 4.78 is 15.7. The molecule has 0 aromatic rings. The first-order valence-electron chi connectivity index (χ1n) is 5.26. The molecule has 0 aromatic heterocycles. The van der Waals surface area contributed by atoms with Crippen LogP contribution < -0.4 is 0 Å². The van der Waals surface area contributed by atoms with E-state index in [-0.39, 0.29) is 0 Å². The van der Waals surface area contributed by atoms with Gasteiger partial charge in [-0.25, -0.2) is 0 Å². The number of hydrogen-bond acceptors (Lipinski definition) is 4. The van der Waals surface area contributed by atoms with Crippen molar-refractivity contribution >= 4 is 0 Å². The molecular formula is C10H22O4. The van der Waals surface area contributed by atoms with Crippen LogP contribution in [0, 0.1) is 0 Å². The molecule has 4 nitrogen and oxygen atoms in total. The maximum Gasteiger partial charge on any atom is 0.308 e. The van der Waals surface area contributed by atoms with E-state index in [2.05, 4.69) is 0 Å². The first-order chi connectivity index (χ1) is 6.64. The van der Waals surface area contributed by atoms with Crippen molar-refractivity contribution in [3.05, 3.63) is 0 Å². The summed E-state index contributed by atoms with van der Waals surface area (Å²) in [5, 5.41) is 10.0. The smallest absolute Gasteiger partial charge is 0.308 e. The third-order valence-corrected chi connectivity index (χ3v) is 1.85. The molecule has 0 heterocycles. The van der Waals surface area contributed by atoms with Gasteiger partial charge in [-0.15, -0.1) is 0 Å². The normalized spacial score (nSPS) is 14.4. The molecule has 0 aliphatic heterocycles. The first kappa shape index (κ1) is 13.8. The van der Waals surface area contributed by atoms with Crippen LogP contribution in [0.5, 0.6) is 0 Å². The number of ether oxygens (including phenoxy) is 3. The zero-order valence-corrected chi connectivity index (χ0v) is 9.58. The summed E-state index contributed by atoms with van der Waals surface area (Å²) in [6.07, 6.45) is 0.206. The molecule has 0 aliphatic carbocycles.